The first-order valence-corrected chi connectivity index (χ1v) is 5.36. The van der Waals surface area contributed by atoms with Crippen molar-refractivity contribution in [2.45, 2.75) is 6.92 Å². The quantitative estimate of drug-likeness (QED) is 0.887. The fraction of sp³-hybridized carbons (Fsp3) is 0.182. The molecule has 0 spiro atoms. The Balaban J connectivity index is 2.32. The van der Waals surface area contributed by atoms with E-state index >= 15 is 0 Å². The van der Waals surface area contributed by atoms with Gasteiger partial charge in [0.05, 0.1) is 5.02 Å². The average Bonchev–Trinajstić information content (AvgIpc) is 2.31. The van der Waals surface area contributed by atoms with Gasteiger partial charge in [0, 0.05) is 18.9 Å². The summed E-state index contributed by atoms with van der Waals surface area (Å²) in [6, 6.07) is 5.39. The van der Waals surface area contributed by atoms with Crippen LogP contribution in [0.4, 0.5) is 5.82 Å². The van der Waals surface area contributed by atoms with Gasteiger partial charge in [-0.3, -0.25) is 4.98 Å². The predicted molar refractivity (Wildman–Crippen MR) is 64.4 cm³/mol. The Bertz CT molecular complexity index is 470. The number of halogens is 1. The highest BCUT2D eigenvalue weighted by molar-refractivity contribution is 6.30. The summed E-state index contributed by atoms with van der Waals surface area (Å²) >= 11 is 5.76. The van der Waals surface area contributed by atoms with Crippen LogP contribution in [-0.2, 0) is 0 Å². The lowest BCUT2D eigenvalue weighted by atomic mass is 10.3. The number of anilines is 1. The molecule has 0 saturated heterocycles. The number of pyridine rings is 1. The zero-order valence-electron chi connectivity index (χ0n) is 8.81. The van der Waals surface area contributed by atoms with E-state index in [9.17, 15) is 0 Å². The third-order valence-electron chi connectivity index (χ3n) is 1.97. The first-order chi connectivity index (χ1) is 7.79. The van der Waals surface area contributed by atoms with E-state index in [1.54, 1.807) is 24.5 Å². The Morgan fingerprint density at radius 2 is 2.12 bits per heavy atom. The Kier molecular flexibility index (Phi) is 3.31. The van der Waals surface area contributed by atoms with Crippen molar-refractivity contribution in [3.63, 3.8) is 0 Å². The molecule has 0 fully saturated rings. The van der Waals surface area contributed by atoms with E-state index in [0.717, 1.165) is 12.4 Å². The second-order valence-corrected chi connectivity index (χ2v) is 3.59. The van der Waals surface area contributed by atoms with Gasteiger partial charge in [-0.05, 0) is 25.1 Å². The fourth-order valence-electron chi connectivity index (χ4n) is 1.27. The van der Waals surface area contributed by atoms with Gasteiger partial charge in [-0.1, -0.05) is 11.6 Å². The molecular weight excluding hydrogens is 224 g/mol. The van der Waals surface area contributed by atoms with E-state index in [2.05, 4.69) is 20.3 Å². The van der Waals surface area contributed by atoms with Crippen molar-refractivity contribution >= 4 is 17.4 Å². The Hall–Kier alpha value is -1.68. The first-order valence-electron chi connectivity index (χ1n) is 4.98. The van der Waals surface area contributed by atoms with Gasteiger partial charge in [-0.15, -0.1) is 0 Å². The lowest BCUT2D eigenvalue weighted by molar-refractivity contribution is 1.10. The highest BCUT2D eigenvalue weighted by atomic mass is 35.5. The van der Waals surface area contributed by atoms with E-state index in [0.29, 0.717) is 16.5 Å². The molecule has 2 heterocycles. The van der Waals surface area contributed by atoms with Crippen LogP contribution in [0.5, 0.6) is 0 Å². The lowest BCUT2D eigenvalue weighted by Gasteiger charge is -2.03. The monoisotopic (exact) mass is 234 g/mol. The number of rotatable bonds is 3. The summed E-state index contributed by atoms with van der Waals surface area (Å²) < 4.78 is 0. The minimum absolute atomic E-state index is 0.593. The van der Waals surface area contributed by atoms with Crippen LogP contribution < -0.4 is 5.32 Å². The molecule has 16 heavy (non-hydrogen) atoms. The molecule has 0 saturated carbocycles. The van der Waals surface area contributed by atoms with Crippen LogP contribution in [0.1, 0.15) is 6.92 Å². The normalized spacial score (nSPS) is 10.1. The number of nitrogens with one attached hydrogen (secondary N) is 1. The van der Waals surface area contributed by atoms with Crippen molar-refractivity contribution in [1.82, 2.24) is 15.0 Å². The molecule has 0 unspecified atom stereocenters. The summed E-state index contributed by atoms with van der Waals surface area (Å²) in [4.78, 5) is 12.7. The number of hydrogen-bond acceptors (Lipinski definition) is 4. The highest BCUT2D eigenvalue weighted by Crippen LogP contribution is 2.15. The molecule has 0 aliphatic rings. The largest absolute Gasteiger partial charge is 0.370 e. The van der Waals surface area contributed by atoms with Crippen LogP contribution in [0.3, 0.4) is 0 Å². The van der Waals surface area contributed by atoms with Gasteiger partial charge >= 0.3 is 0 Å². The van der Waals surface area contributed by atoms with Gasteiger partial charge in [-0.25, -0.2) is 9.97 Å². The Morgan fingerprint density at radius 1 is 1.25 bits per heavy atom. The van der Waals surface area contributed by atoms with Crippen molar-refractivity contribution in [2.24, 2.45) is 0 Å². The standard InChI is InChI=1S/C11H11ClN4/c1-2-13-10-5-6-14-11(16-10)9-4-3-8(12)7-15-9/h3-7H,2H2,1H3,(H,13,14,16). The van der Waals surface area contributed by atoms with E-state index in [1.165, 1.54) is 0 Å². The molecular formula is C11H11ClN4. The van der Waals surface area contributed by atoms with E-state index < -0.39 is 0 Å². The Morgan fingerprint density at radius 3 is 2.81 bits per heavy atom. The van der Waals surface area contributed by atoms with Crippen molar-refractivity contribution in [1.29, 1.82) is 0 Å². The highest BCUT2D eigenvalue weighted by Gasteiger charge is 2.03. The van der Waals surface area contributed by atoms with Crippen molar-refractivity contribution in [2.75, 3.05) is 11.9 Å². The zero-order valence-corrected chi connectivity index (χ0v) is 9.57. The van der Waals surface area contributed by atoms with Gasteiger partial charge in [-0.2, -0.15) is 0 Å². The molecule has 0 aromatic carbocycles. The zero-order chi connectivity index (χ0) is 11.4. The molecule has 4 nitrogen and oxygen atoms in total. The summed E-state index contributed by atoms with van der Waals surface area (Å²) in [7, 11) is 0. The third kappa shape index (κ3) is 2.46. The van der Waals surface area contributed by atoms with Crippen LogP contribution in [0.25, 0.3) is 11.5 Å². The maximum Gasteiger partial charge on any atom is 0.180 e. The molecule has 0 aliphatic heterocycles. The second-order valence-electron chi connectivity index (χ2n) is 3.16. The van der Waals surface area contributed by atoms with E-state index in [-0.39, 0.29) is 0 Å². The van der Waals surface area contributed by atoms with Crippen LogP contribution in [-0.4, -0.2) is 21.5 Å². The van der Waals surface area contributed by atoms with E-state index in [4.69, 9.17) is 11.6 Å². The van der Waals surface area contributed by atoms with Crippen molar-refractivity contribution in [3.05, 3.63) is 35.6 Å². The minimum atomic E-state index is 0.593. The second kappa shape index (κ2) is 4.90. The van der Waals surface area contributed by atoms with Crippen molar-refractivity contribution in [3.8, 4) is 11.5 Å². The van der Waals surface area contributed by atoms with Gasteiger partial charge in [0.15, 0.2) is 5.82 Å². The molecule has 2 aromatic rings. The third-order valence-corrected chi connectivity index (χ3v) is 2.19. The summed E-state index contributed by atoms with van der Waals surface area (Å²) in [5, 5.41) is 3.73. The smallest absolute Gasteiger partial charge is 0.180 e. The molecule has 0 amide bonds. The lowest BCUT2D eigenvalue weighted by Crippen LogP contribution is -2.01. The fourth-order valence-corrected chi connectivity index (χ4v) is 1.38. The topological polar surface area (TPSA) is 50.7 Å². The van der Waals surface area contributed by atoms with Gasteiger partial charge in [0.25, 0.3) is 0 Å². The average molecular weight is 235 g/mol. The molecule has 5 heteroatoms. The number of hydrogen-bond donors (Lipinski definition) is 1. The van der Waals surface area contributed by atoms with Crippen LogP contribution in [0.15, 0.2) is 30.6 Å². The van der Waals surface area contributed by atoms with Gasteiger partial charge < -0.3 is 5.32 Å². The minimum Gasteiger partial charge on any atom is -0.370 e. The Labute approximate surface area is 98.7 Å². The molecule has 2 rings (SSSR count). The predicted octanol–water partition coefficient (Wildman–Crippen LogP) is 2.62. The molecule has 82 valence electrons. The SMILES string of the molecule is CCNc1ccnc(-c2ccc(Cl)cn2)n1. The maximum atomic E-state index is 5.76. The molecule has 1 N–H and O–H groups in total. The van der Waals surface area contributed by atoms with Crippen molar-refractivity contribution < 1.29 is 0 Å². The van der Waals surface area contributed by atoms with Gasteiger partial charge in [0.1, 0.15) is 11.5 Å². The van der Waals surface area contributed by atoms with Crippen LogP contribution in [0.2, 0.25) is 5.02 Å². The van der Waals surface area contributed by atoms with Gasteiger partial charge in [0.2, 0.25) is 0 Å². The molecule has 0 aliphatic carbocycles. The first kappa shape index (κ1) is 10.8. The molecule has 0 atom stereocenters. The number of nitrogens with zero attached hydrogens (tertiary/aromatic N) is 3. The van der Waals surface area contributed by atoms with Crippen LogP contribution in [0, 0.1) is 0 Å². The summed E-state index contributed by atoms with van der Waals surface area (Å²) in [5.74, 6) is 1.39. The number of aromatic nitrogens is 3. The molecule has 2 aromatic heterocycles. The summed E-state index contributed by atoms with van der Waals surface area (Å²) in [5.41, 5.74) is 0.712. The van der Waals surface area contributed by atoms with E-state index in [1.807, 2.05) is 13.0 Å². The van der Waals surface area contributed by atoms with Crippen LogP contribution >= 0.6 is 11.6 Å². The summed E-state index contributed by atoms with van der Waals surface area (Å²) in [6.07, 6.45) is 3.29. The summed E-state index contributed by atoms with van der Waals surface area (Å²) in [6.45, 7) is 2.84. The maximum absolute atomic E-state index is 5.76. The molecule has 0 radical (unpaired) electrons. The molecule has 0 bridgehead atoms.